The lowest BCUT2D eigenvalue weighted by Gasteiger charge is -2.23. The summed E-state index contributed by atoms with van der Waals surface area (Å²) in [7, 11) is 0. The fraction of sp³-hybridized carbons (Fsp3) is 0.125. The van der Waals surface area contributed by atoms with Crippen LogP contribution in [0.2, 0.25) is 0 Å². The van der Waals surface area contributed by atoms with Crippen LogP contribution in [0, 0.1) is 0 Å². The summed E-state index contributed by atoms with van der Waals surface area (Å²) in [6, 6.07) is 11.8. The molecule has 0 spiro atoms. The maximum atomic E-state index is 12.1. The molecule has 7 heteroatoms. The number of nitrogens with zero attached hydrogens (tertiary/aromatic N) is 1. The lowest BCUT2D eigenvalue weighted by molar-refractivity contribution is -0.131. The van der Waals surface area contributed by atoms with Crippen molar-refractivity contribution in [3.63, 3.8) is 0 Å². The van der Waals surface area contributed by atoms with E-state index in [4.69, 9.17) is 4.74 Å². The molecule has 0 saturated heterocycles. The van der Waals surface area contributed by atoms with Crippen molar-refractivity contribution in [1.29, 1.82) is 0 Å². The van der Waals surface area contributed by atoms with Crippen LogP contribution in [0.3, 0.4) is 0 Å². The van der Waals surface area contributed by atoms with E-state index < -0.39 is 23.9 Å². The molecule has 0 bridgehead atoms. The van der Waals surface area contributed by atoms with Gasteiger partial charge in [-0.1, -0.05) is 24.3 Å². The van der Waals surface area contributed by atoms with Crippen LogP contribution in [0.1, 0.15) is 26.4 Å². The molecule has 0 unspecified atom stereocenters. The summed E-state index contributed by atoms with van der Waals surface area (Å²) in [5, 5.41) is 0. The van der Waals surface area contributed by atoms with Gasteiger partial charge in [0.25, 0.3) is 11.8 Å². The number of amides is 2. The Morgan fingerprint density at radius 2 is 1.87 bits per heavy atom. The smallest absolute Gasteiger partial charge is 0.339 e. The third kappa shape index (κ3) is 3.18. The molecule has 1 aliphatic rings. The highest BCUT2D eigenvalue weighted by atomic mass is 16.5. The van der Waals surface area contributed by atoms with Crippen LogP contribution in [-0.4, -0.2) is 28.9 Å². The number of hydrazine groups is 1. The average molecular weight is 311 g/mol. The molecule has 0 fully saturated rings. The first kappa shape index (κ1) is 14.7. The maximum absolute atomic E-state index is 12.1. The minimum atomic E-state index is -0.985. The van der Waals surface area contributed by atoms with Crippen LogP contribution in [0.5, 0.6) is 0 Å². The maximum Gasteiger partial charge on any atom is 0.339 e. The third-order valence-electron chi connectivity index (χ3n) is 3.38. The quantitative estimate of drug-likeness (QED) is 0.626. The minimum Gasteiger partial charge on any atom is -0.448 e. The number of nitrogens with one attached hydrogen (secondary N) is 2. The Hall–Kier alpha value is -3.22. The molecule has 7 nitrogen and oxygen atoms in total. The molecule has 23 heavy (non-hydrogen) atoms. The van der Waals surface area contributed by atoms with Gasteiger partial charge in [0.2, 0.25) is 0 Å². The monoisotopic (exact) mass is 311 g/mol. The molecule has 0 aliphatic carbocycles. The lowest BCUT2D eigenvalue weighted by Crippen LogP contribution is -2.49. The van der Waals surface area contributed by atoms with Gasteiger partial charge >= 0.3 is 5.97 Å². The first-order valence-electron chi connectivity index (χ1n) is 6.95. The number of fused-ring (bicyclic) bond motifs is 1. The predicted molar refractivity (Wildman–Crippen MR) is 79.2 cm³/mol. The van der Waals surface area contributed by atoms with Gasteiger partial charge in [-0.2, -0.15) is 0 Å². The van der Waals surface area contributed by atoms with E-state index in [1.165, 1.54) is 12.3 Å². The first-order chi connectivity index (χ1) is 11.1. The van der Waals surface area contributed by atoms with Gasteiger partial charge in [0, 0.05) is 12.6 Å². The Morgan fingerprint density at radius 1 is 1.09 bits per heavy atom. The highest BCUT2D eigenvalue weighted by molar-refractivity contribution is 5.97. The average Bonchev–Trinajstić information content (AvgIpc) is 2.60. The molecule has 1 aliphatic heterocycles. The van der Waals surface area contributed by atoms with E-state index >= 15 is 0 Å². The van der Waals surface area contributed by atoms with E-state index in [1.807, 2.05) is 0 Å². The van der Waals surface area contributed by atoms with Crippen molar-refractivity contribution in [3.05, 3.63) is 65.5 Å². The van der Waals surface area contributed by atoms with Crippen LogP contribution in [0.15, 0.2) is 48.7 Å². The molecule has 3 rings (SSSR count). The fourth-order valence-corrected chi connectivity index (χ4v) is 2.24. The first-order valence-corrected chi connectivity index (χ1v) is 6.95. The summed E-state index contributed by atoms with van der Waals surface area (Å²) in [6.07, 6.45) is 0.741. The second-order valence-corrected chi connectivity index (χ2v) is 4.91. The Balaban J connectivity index is 1.62. The molecular weight excluding hydrogens is 298 g/mol. The molecule has 1 aromatic carbocycles. The fourth-order valence-electron chi connectivity index (χ4n) is 2.24. The van der Waals surface area contributed by atoms with E-state index in [9.17, 15) is 14.4 Å². The molecular formula is C16H13N3O4. The summed E-state index contributed by atoms with van der Waals surface area (Å²) in [6.45, 7) is 0. The Kier molecular flexibility index (Phi) is 4.01. The van der Waals surface area contributed by atoms with Crippen LogP contribution >= 0.6 is 0 Å². The van der Waals surface area contributed by atoms with Gasteiger partial charge in [0.05, 0.1) is 5.56 Å². The SMILES string of the molecule is O=C(NNC(=O)[C@@H]1Cc2ccccc2C(=O)O1)c1ccccn1. The van der Waals surface area contributed by atoms with Crippen molar-refractivity contribution < 1.29 is 19.1 Å². The minimum absolute atomic E-state index is 0.166. The van der Waals surface area contributed by atoms with E-state index in [1.54, 1.807) is 36.4 Å². The number of carbonyl (C=O) groups is 3. The van der Waals surface area contributed by atoms with Crippen molar-refractivity contribution in [2.75, 3.05) is 0 Å². The molecule has 2 heterocycles. The van der Waals surface area contributed by atoms with Gasteiger partial charge in [-0.05, 0) is 23.8 Å². The number of ether oxygens (including phenoxy) is 1. The largest absolute Gasteiger partial charge is 0.448 e. The van der Waals surface area contributed by atoms with Crippen molar-refractivity contribution in [2.24, 2.45) is 0 Å². The van der Waals surface area contributed by atoms with Crippen LogP contribution < -0.4 is 10.9 Å². The zero-order valence-electron chi connectivity index (χ0n) is 12.0. The number of pyridine rings is 1. The number of rotatable bonds is 2. The van der Waals surface area contributed by atoms with Gasteiger partial charge in [0.15, 0.2) is 6.10 Å². The van der Waals surface area contributed by atoms with Gasteiger partial charge in [-0.15, -0.1) is 0 Å². The molecule has 0 radical (unpaired) electrons. The number of benzene rings is 1. The Bertz CT molecular complexity index is 761. The summed E-state index contributed by atoms with van der Waals surface area (Å²) >= 11 is 0. The van der Waals surface area contributed by atoms with Crippen LogP contribution in [0.25, 0.3) is 0 Å². The summed E-state index contributed by atoms with van der Waals surface area (Å²) in [5.74, 6) is -1.71. The Labute approximate surface area is 131 Å². The number of carbonyl (C=O) groups excluding carboxylic acids is 3. The molecule has 1 atom stereocenters. The Morgan fingerprint density at radius 3 is 2.65 bits per heavy atom. The van der Waals surface area contributed by atoms with E-state index in [2.05, 4.69) is 15.8 Å². The lowest BCUT2D eigenvalue weighted by atomic mass is 9.98. The van der Waals surface area contributed by atoms with E-state index in [0.717, 1.165) is 5.56 Å². The molecule has 2 aromatic rings. The van der Waals surface area contributed by atoms with Crippen molar-refractivity contribution in [1.82, 2.24) is 15.8 Å². The molecule has 116 valence electrons. The van der Waals surface area contributed by atoms with Crippen molar-refractivity contribution >= 4 is 17.8 Å². The summed E-state index contributed by atoms with van der Waals surface area (Å²) in [5.41, 5.74) is 5.84. The molecule has 0 saturated carbocycles. The van der Waals surface area contributed by atoms with Gasteiger partial charge in [-0.3, -0.25) is 25.4 Å². The summed E-state index contributed by atoms with van der Waals surface area (Å²) in [4.78, 5) is 39.6. The number of hydrogen-bond donors (Lipinski definition) is 2. The zero-order valence-corrected chi connectivity index (χ0v) is 12.0. The van der Waals surface area contributed by atoms with Gasteiger partial charge < -0.3 is 4.74 Å². The number of esters is 1. The van der Waals surface area contributed by atoms with E-state index in [0.29, 0.717) is 5.56 Å². The van der Waals surface area contributed by atoms with Gasteiger partial charge in [-0.25, -0.2) is 4.79 Å². The zero-order chi connectivity index (χ0) is 16.2. The van der Waals surface area contributed by atoms with Crippen molar-refractivity contribution in [2.45, 2.75) is 12.5 Å². The standard InChI is InChI=1S/C16H13N3O4/c20-14(12-7-3-4-8-17-12)18-19-15(21)13-9-10-5-1-2-6-11(10)16(22)23-13/h1-8,13H,9H2,(H,18,20)(H,19,21)/t13-/m0/s1. The van der Waals surface area contributed by atoms with Crippen molar-refractivity contribution in [3.8, 4) is 0 Å². The molecule has 1 aromatic heterocycles. The number of aromatic nitrogens is 1. The predicted octanol–water partition coefficient (Wildman–Crippen LogP) is 0.624. The van der Waals surface area contributed by atoms with E-state index in [-0.39, 0.29) is 12.1 Å². The highest BCUT2D eigenvalue weighted by Gasteiger charge is 2.31. The topological polar surface area (TPSA) is 97.4 Å². The van der Waals surface area contributed by atoms with Crippen LogP contribution in [0.4, 0.5) is 0 Å². The van der Waals surface area contributed by atoms with Crippen LogP contribution in [-0.2, 0) is 16.0 Å². The molecule has 2 N–H and O–H groups in total. The molecule has 2 amide bonds. The third-order valence-corrected chi connectivity index (χ3v) is 3.38. The highest BCUT2D eigenvalue weighted by Crippen LogP contribution is 2.20. The second kappa shape index (κ2) is 6.27. The normalized spacial score (nSPS) is 16.0. The number of cyclic esters (lactones) is 1. The second-order valence-electron chi connectivity index (χ2n) is 4.91. The summed E-state index contributed by atoms with van der Waals surface area (Å²) < 4.78 is 5.09. The van der Waals surface area contributed by atoms with Gasteiger partial charge in [0.1, 0.15) is 5.69 Å². The number of hydrogen-bond acceptors (Lipinski definition) is 5.